The third-order valence-corrected chi connectivity index (χ3v) is 7.15. The Morgan fingerprint density at radius 3 is 2.28 bits per heavy atom. The van der Waals surface area contributed by atoms with Crippen LogP contribution in [0, 0.1) is 0 Å². The van der Waals surface area contributed by atoms with Gasteiger partial charge in [0.25, 0.3) is 0 Å². The maximum Gasteiger partial charge on any atom is 0.241 e. The molecule has 172 valence electrons. The molecule has 1 aliphatic rings. The van der Waals surface area contributed by atoms with Gasteiger partial charge in [-0.2, -0.15) is 0 Å². The Hall–Kier alpha value is -2.00. The molecule has 0 atom stereocenters. The number of amides is 2. The van der Waals surface area contributed by atoms with E-state index in [4.69, 9.17) is 34.8 Å². The van der Waals surface area contributed by atoms with Gasteiger partial charge >= 0.3 is 0 Å². The molecule has 1 saturated heterocycles. The van der Waals surface area contributed by atoms with Crippen molar-refractivity contribution in [1.82, 2.24) is 10.2 Å². The van der Waals surface area contributed by atoms with Gasteiger partial charge in [0.2, 0.25) is 21.8 Å². The van der Waals surface area contributed by atoms with Gasteiger partial charge in [-0.25, -0.2) is 8.42 Å². The van der Waals surface area contributed by atoms with Gasteiger partial charge in [0.15, 0.2) is 0 Å². The summed E-state index contributed by atoms with van der Waals surface area (Å²) in [6, 6.07) is 10.2. The Kier molecular flexibility index (Phi) is 7.92. The zero-order valence-corrected chi connectivity index (χ0v) is 20.4. The zero-order chi connectivity index (χ0) is 23.5. The molecule has 32 heavy (non-hydrogen) atoms. The lowest BCUT2D eigenvalue weighted by Crippen LogP contribution is -2.40. The Morgan fingerprint density at radius 2 is 1.69 bits per heavy atom. The van der Waals surface area contributed by atoms with Gasteiger partial charge in [-0.15, -0.1) is 0 Å². The van der Waals surface area contributed by atoms with Gasteiger partial charge < -0.3 is 10.2 Å². The van der Waals surface area contributed by atoms with Crippen molar-refractivity contribution in [2.75, 3.05) is 23.7 Å². The lowest BCUT2D eigenvalue weighted by Gasteiger charge is -2.23. The maximum absolute atomic E-state index is 12.5. The Morgan fingerprint density at radius 1 is 1.06 bits per heavy atom. The van der Waals surface area contributed by atoms with Gasteiger partial charge in [-0.05, 0) is 29.7 Å². The van der Waals surface area contributed by atoms with Crippen LogP contribution in [-0.2, 0) is 32.7 Å². The van der Waals surface area contributed by atoms with Crippen molar-refractivity contribution in [2.24, 2.45) is 0 Å². The number of hydrogen-bond acceptors (Lipinski definition) is 4. The molecule has 2 amide bonds. The summed E-state index contributed by atoms with van der Waals surface area (Å²) in [7, 11) is -3.82. The van der Waals surface area contributed by atoms with E-state index in [0.717, 1.165) is 34.7 Å². The highest BCUT2D eigenvalue weighted by atomic mass is 35.5. The Labute approximate surface area is 202 Å². The SMILES string of the molecule is CS(=O)(=O)N(CC(=O)NCc1ccc(CN2CCCC2=O)cc1)c1cc(Cl)c(Cl)cc1Cl. The molecule has 0 bridgehead atoms. The van der Waals surface area contributed by atoms with Gasteiger partial charge in [0, 0.05) is 26.1 Å². The molecule has 0 aromatic heterocycles. The van der Waals surface area contributed by atoms with Crippen molar-refractivity contribution in [3.63, 3.8) is 0 Å². The standard InChI is InChI=1S/C21H22Cl3N3O4S/c1-32(30,31)27(19-10-17(23)16(22)9-18(19)24)13-20(28)25-11-14-4-6-15(7-5-14)12-26-8-2-3-21(26)29/h4-7,9-10H,2-3,8,11-13H2,1H3,(H,25,28). The van der Waals surface area contributed by atoms with Crippen LogP contribution in [0.3, 0.4) is 0 Å². The molecule has 0 radical (unpaired) electrons. The van der Waals surface area contributed by atoms with Crippen molar-refractivity contribution in [3.05, 3.63) is 62.6 Å². The number of hydrogen-bond donors (Lipinski definition) is 1. The molecule has 11 heteroatoms. The molecule has 1 aliphatic heterocycles. The number of sulfonamides is 1. The van der Waals surface area contributed by atoms with Crippen molar-refractivity contribution >= 4 is 62.3 Å². The fourth-order valence-electron chi connectivity index (χ4n) is 3.33. The van der Waals surface area contributed by atoms with E-state index in [0.29, 0.717) is 13.0 Å². The van der Waals surface area contributed by atoms with E-state index in [1.807, 2.05) is 29.2 Å². The van der Waals surface area contributed by atoms with Crippen molar-refractivity contribution in [1.29, 1.82) is 0 Å². The van der Waals surface area contributed by atoms with E-state index in [9.17, 15) is 18.0 Å². The average Bonchev–Trinajstić information content (AvgIpc) is 3.12. The Balaban J connectivity index is 1.62. The van der Waals surface area contributed by atoms with E-state index < -0.39 is 22.5 Å². The fraction of sp³-hybridized carbons (Fsp3) is 0.333. The van der Waals surface area contributed by atoms with Gasteiger partial charge in [-0.1, -0.05) is 59.1 Å². The van der Waals surface area contributed by atoms with Crippen molar-refractivity contribution in [3.8, 4) is 0 Å². The number of nitrogens with one attached hydrogen (secondary N) is 1. The maximum atomic E-state index is 12.5. The molecular formula is C21H22Cl3N3O4S. The summed E-state index contributed by atoms with van der Waals surface area (Å²) < 4.78 is 25.4. The summed E-state index contributed by atoms with van der Waals surface area (Å²) >= 11 is 18.0. The minimum atomic E-state index is -3.82. The molecule has 2 aromatic rings. The summed E-state index contributed by atoms with van der Waals surface area (Å²) in [6.45, 7) is 1.09. The first-order valence-corrected chi connectivity index (χ1v) is 12.8. The lowest BCUT2D eigenvalue weighted by molar-refractivity contribution is -0.128. The third kappa shape index (κ3) is 6.28. The first-order valence-electron chi connectivity index (χ1n) is 9.79. The second-order valence-corrected chi connectivity index (χ2v) is 10.6. The largest absolute Gasteiger partial charge is 0.350 e. The summed E-state index contributed by atoms with van der Waals surface area (Å²) in [5, 5.41) is 3.06. The molecule has 1 heterocycles. The van der Waals surface area contributed by atoms with E-state index >= 15 is 0 Å². The normalized spacial score (nSPS) is 14.0. The predicted molar refractivity (Wildman–Crippen MR) is 127 cm³/mol. The van der Waals surface area contributed by atoms with Crippen LogP contribution in [-0.4, -0.2) is 44.5 Å². The fourth-order valence-corrected chi connectivity index (χ4v) is 4.88. The number of carbonyl (C=O) groups is 2. The highest BCUT2D eigenvalue weighted by Crippen LogP contribution is 2.35. The number of halogens is 3. The number of nitrogens with zero attached hydrogens (tertiary/aromatic N) is 2. The van der Waals surface area contributed by atoms with Crippen LogP contribution in [0.2, 0.25) is 15.1 Å². The van der Waals surface area contributed by atoms with Crippen LogP contribution in [0.5, 0.6) is 0 Å². The van der Waals surface area contributed by atoms with E-state index in [2.05, 4.69) is 5.32 Å². The molecule has 7 nitrogen and oxygen atoms in total. The number of anilines is 1. The molecule has 1 fully saturated rings. The van der Waals surface area contributed by atoms with Gasteiger partial charge in [-0.3, -0.25) is 13.9 Å². The smallest absolute Gasteiger partial charge is 0.241 e. The minimum absolute atomic E-state index is 0.0599. The van der Waals surface area contributed by atoms with Crippen LogP contribution in [0.4, 0.5) is 5.69 Å². The number of benzene rings is 2. The molecule has 0 saturated carbocycles. The second kappa shape index (κ2) is 10.3. The third-order valence-electron chi connectivity index (χ3n) is 5.00. The van der Waals surface area contributed by atoms with Gasteiger partial charge in [0.05, 0.1) is 27.0 Å². The monoisotopic (exact) mass is 517 g/mol. The van der Waals surface area contributed by atoms with Crippen LogP contribution in [0.25, 0.3) is 0 Å². The van der Waals surface area contributed by atoms with Crippen LogP contribution in [0.15, 0.2) is 36.4 Å². The summed E-state index contributed by atoms with van der Waals surface area (Å²) in [6.07, 6.45) is 2.46. The number of carbonyl (C=O) groups excluding carboxylic acids is 2. The van der Waals surface area contributed by atoms with E-state index in [-0.39, 0.29) is 33.2 Å². The molecule has 0 spiro atoms. The topological polar surface area (TPSA) is 86.8 Å². The molecule has 1 N–H and O–H groups in total. The van der Waals surface area contributed by atoms with E-state index in [1.165, 1.54) is 12.1 Å². The van der Waals surface area contributed by atoms with Crippen LogP contribution in [0.1, 0.15) is 24.0 Å². The Bertz CT molecular complexity index is 1120. The lowest BCUT2D eigenvalue weighted by atomic mass is 10.1. The van der Waals surface area contributed by atoms with E-state index in [1.54, 1.807) is 0 Å². The predicted octanol–water partition coefficient (Wildman–Crippen LogP) is 3.85. The molecule has 0 aliphatic carbocycles. The quantitative estimate of drug-likeness (QED) is 0.538. The van der Waals surface area contributed by atoms with Gasteiger partial charge in [0.1, 0.15) is 6.54 Å². The molecular weight excluding hydrogens is 497 g/mol. The second-order valence-electron chi connectivity index (χ2n) is 7.50. The summed E-state index contributed by atoms with van der Waals surface area (Å²) in [4.78, 5) is 26.1. The highest BCUT2D eigenvalue weighted by Gasteiger charge is 2.24. The van der Waals surface area contributed by atoms with Crippen molar-refractivity contribution in [2.45, 2.75) is 25.9 Å². The zero-order valence-electron chi connectivity index (χ0n) is 17.3. The van der Waals surface area contributed by atoms with Crippen LogP contribution >= 0.6 is 34.8 Å². The molecule has 2 aromatic carbocycles. The average molecular weight is 519 g/mol. The molecule has 0 unspecified atom stereocenters. The number of likely N-dealkylation sites (tertiary alicyclic amines) is 1. The molecule has 3 rings (SSSR count). The summed E-state index contributed by atoms with van der Waals surface area (Å²) in [5.41, 5.74) is 1.92. The van der Waals surface area contributed by atoms with Crippen molar-refractivity contribution < 1.29 is 18.0 Å². The minimum Gasteiger partial charge on any atom is -0.350 e. The number of rotatable bonds is 8. The van der Waals surface area contributed by atoms with Crippen LogP contribution < -0.4 is 9.62 Å². The summed E-state index contributed by atoms with van der Waals surface area (Å²) in [5.74, 6) is -0.344. The first kappa shape index (κ1) is 24.6. The highest BCUT2D eigenvalue weighted by molar-refractivity contribution is 7.92. The first-order chi connectivity index (χ1) is 15.0.